The number of nitrogens with zero attached hydrogens (tertiary/aromatic N) is 3. The Balaban J connectivity index is 1.86. The van der Waals surface area contributed by atoms with Gasteiger partial charge in [0.15, 0.2) is 5.52 Å². The quantitative estimate of drug-likeness (QED) is 0.379. The Labute approximate surface area is 192 Å². The number of rotatable bonds is 8. The molecule has 0 bridgehead atoms. The van der Waals surface area contributed by atoms with Crippen LogP contribution in [0.4, 0.5) is 0 Å². The van der Waals surface area contributed by atoms with E-state index in [4.69, 9.17) is 9.84 Å². The summed E-state index contributed by atoms with van der Waals surface area (Å²) in [5.41, 5.74) is 2.08. The number of carboxylic acids is 1. The highest BCUT2D eigenvalue weighted by molar-refractivity contribution is 7.16. The number of nitrogens with one attached hydrogen (secondary N) is 1. The lowest BCUT2D eigenvalue weighted by Crippen LogP contribution is -2.13. The first-order valence-corrected chi connectivity index (χ1v) is 11.3. The van der Waals surface area contributed by atoms with Gasteiger partial charge >= 0.3 is 5.97 Å². The Morgan fingerprint density at radius 1 is 1.18 bits per heavy atom. The number of carbonyl (C=O) groups is 2. The summed E-state index contributed by atoms with van der Waals surface area (Å²) < 4.78 is 7.26. The molecule has 0 amide bonds. The molecule has 0 radical (unpaired) electrons. The highest BCUT2D eigenvalue weighted by Crippen LogP contribution is 2.31. The number of benzene rings is 1. The van der Waals surface area contributed by atoms with Crippen LogP contribution in [0.15, 0.2) is 35.1 Å². The third-order valence-corrected chi connectivity index (χ3v) is 6.16. The number of aromatic amines is 1. The van der Waals surface area contributed by atoms with Crippen LogP contribution in [0.1, 0.15) is 50.9 Å². The topological polar surface area (TPSA) is 127 Å². The minimum absolute atomic E-state index is 0.0842. The molecule has 0 aliphatic heterocycles. The van der Waals surface area contributed by atoms with Gasteiger partial charge in [0.05, 0.1) is 22.7 Å². The average molecular weight is 467 g/mol. The van der Waals surface area contributed by atoms with Crippen molar-refractivity contribution in [2.24, 2.45) is 7.05 Å². The van der Waals surface area contributed by atoms with Gasteiger partial charge in [-0.05, 0) is 43.7 Å². The smallest absolute Gasteiger partial charge is 0.345 e. The van der Waals surface area contributed by atoms with Crippen molar-refractivity contribution in [2.45, 2.75) is 26.7 Å². The Morgan fingerprint density at radius 3 is 2.61 bits per heavy atom. The van der Waals surface area contributed by atoms with Crippen molar-refractivity contribution in [1.82, 2.24) is 19.7 Å². The van der Waals surface area contributed by atoms with Crippen LogP contribution in [0.2, 0.25) is 0 Å². The first-order chi connectivity index (χ1) is 15.8. The van der Waals surface area contributed by atoms with Crippen LogP contribution in [0.5, 0.6) is 5.75 Å². The largest absolute Gasteiger partial charge is 0.493 e. The number of fused-ring (bicyclic) bond motifs is 1. The molecule has 33 heavy (non-hydrogen) atoms. The number of aromatic nitrogens is 4. The molecule has 170 valence electrons. The molecule has 3 heterocycles. The van der Waals surface area contributed by atoms with E-state index in [1.807, 2.05) is 13.8 Å². The molecule has 0 aliphatic rings. The second-order valence-corrected chi connectivity index (χ2v) is 8.46. The third kappa shape index (κ3) is 4.17. The molecule has 9 nitrogen and oxygen atoms in total. The predicted octanol–water partition coefficient (Wildman–Crippen LogP) is 3.67. The van der Waals surface area contributed by atoms with E-state index < -0.39 is 5.97 Å². The molecule has 0 saturated carbocycles. The van der Waals surface area contributed by atoms with Gasteiger partial charge in [-0.3, -0.25) is 14.3 Å². The molecule has 10 heteroatoms. The van der Waals surface area contributed by atoms with Gasteiger partial charge < -0.3 is 14.8 Å². The Bertz CT molecular complexity index is 1430. The first kappa shape index (κ1) is 22.4. The zero-order valence-electron chi connectivity index (χ0n) is 18.3. The first-order valence-electron chi connectivity index (χ1n) is 10.4. The molecule has 1 aromatic carbocycles. The summed E-state index contributed by atoms with van der Waals surface area (Å²) in [7, 11) is 1.70. The molecule has 3 aromatic heterocycles. The van der Waals surface area contributed by atoms with Crippen molar-refractivity contribution in [3.8, 4) is 17.1 Å². The average Bonchev–Trinajstić information content (AvgIpc) is 3.40. The predicted molar refractivity (Wildman–Crippen MR) is 124 cm³/mol. The van der Waals surface area contributed by atoms with Gasteiger partial charge in [0.25, 0.3) is 5.56 Å². The molecule has 2 N–H and O–H groups in total. The Kier molecular flexibility index (Phi) is 6.10. The van der Waals surface area contributed by atoms with E-state index in [9.17, 15) is 14.4 Å². The van der Waals surface area contributed by atoms with Crippen LogP contribution in [-0.4, -0.2) is 43.2 Å². The SMILES string of the molecule is CCCc1nn(C)c2c(=O)[nH]c(-c3cc(C(=O)c4ccc(C(=O)O)s4)ccc3OCC)nc12. The van der Waals surface area contributed by atoms with E-state index in [2.05, 4.69) is 15.1 Å². The number of hydrogen-bond acceptors (Lipinski definition) is 7. The molecule has 0 fully saturated rings. The van der Waals surface area contributed by atoms with Gasteiger partial charge in [-0.25, -0.2) is 9.78 Å². The third-order valence-electron chi connectivity index (χ3n) is 5.09. The highest BCUT2D eigenvalue weighted by Gasteiger charge is 2.20. The number of ketones is 1. The Hall–Kier alpha value is -3.79. The van der Waals surface area contributed by atoms with Crippen LogP contribution in [0.25, 0.3) is 22.4 Å². The second kappa shape index (κ2) is 8.99. The molecule has 0 saturated heterocycles. The maximum absolute atomic E-state index is 13.0. The van der Waals surface area contributed by atoms with Crippen LogP contribution >= 0.6 is 11.3 Å². The fraction of sp³-hybridized carbons (Fsp3) is 0.261. The fourth-order valence-electron chi connectivity index (χ4n) is 3.63. The van der Waals surface area contributed by atoms with Crippen LogP contribution < -0.4 is 10.3 Å². The second-order valence-electron chi connectivity index (χ2n) is 7.37. The number of H-pyrrole nitrogens is 1. The van der Waals surface area contributed by atoms with E-state index in [1.165, 1.54) is 16.8 Å². The van der Waals surface area contributed by atoms with Gasteiger partial charge in [-0.15, -0.1) is 11.3 Å². The lowest BCUT2D eigenvalue weighted by Gasteiger charge is -2.11. The number of aromatic carboxylic acids is 1. The van der Waals surface area contributed by atoms with Crippen LogP contribution in [0, 0.1) is 0 Å². The van der Waals surface area contributed by atoms with Gasteiger partial charge in [0.2, 0.25) is 5.78 Å². The van der Waals surface area contributed by atoms with Crippen molar-refractivity contribution in [3.05, 3.63) is 61.7 Å². The van der Waals surface area contributed by atoms with E-state index in [0.29, 0.717) is 45.8 Å². The molecule has 4 aromatic rings. The van der Waals surface area contributed by atoms with Crippen LogP contribution in [0.3, 0.4) is 0 Å². The zero-order chi connectivity index (χ0) is 23.7. The van der Waals surface area contributed by atoms with E-state index in [0.717, 1.165) is 23.5 Å². The van der Waals surface area contributed by atoms with Crippen LogP contribution in [-0.2, 0) is 13.5 Å². The summed E-state index contributed by atoms with van der Waals surface area (Å²) >= 11 is 0.910. The van der Waals surface area contributed by atoms with Gasteiger partial charge in [0.1, 0.15) is 22.0 Å². The normalized spacial score (nSPS) is 11.1. The molecule has 0 unspecified atom stereocenters. The summed E-state index contributed by atoms with van der Waals surface area (Å²) in [6.07, 6.45) is 1.53. The maximum atomic E-state index is 13.0. The molecule has 0 spiro atoms. The number of thiophene rings is 1. The van der Waals surface area contributed by atoms with E-state index in [-0.39, 0.29) is 22.0 Å². The summed E-state index contributed by atoms with van der Waals surface area (Å²) in [4.78, 5) is 44.9. The number of aryl methyl sites for hydroxylation is 2. The van der Waals surface area contributed by atoms with Gasteiger partial charge in [-0.2, -0.15) is 5.10 Å². The maximum Gasteiger partial charge on any atom is 0.345 e. The molecular formula is C23H22N4O5S. The van der Waals surface area contributed by atoms with Crippen molar-refractivity contribution in [2.75, 3.05) is 6.61 Å². The molecule has 0 aliphatic carbocycles. The lowest BCUT2D eigenvalue weighted by atomic mass is 10.0. The standard InChI is InChI=1S/C23H22N4O5S/c1-4-6-14-18-19(27(3)26-14)22(29)25-21(24-18)13-11-12(7-8-15(13)32-5-2)20(28)16-9-10-17(33-16)23(30)31/h7-11H,4-6H2,1-3H3,(H,30,31)(H,24,25,29). The zero-order valence-corrected chi connectivity index (χ0v) is 19.2. The number of carbonyl (C=O) groups excluding carboxylic acids is 1. The lowest BCUT2D eigenvalue weighted by molar-refractivity contribution is 0.0702. The van der Waals surface area contributed by atoms with Crippen molar-refractivity contribution in [3.63, 3.8) is 0 Å². The minimum Gasteiger partial charge on any atom is -0.493 e. The van der Waals surface area contributed by atoms with Crippen molar-refractivity contribution < 1.29 is 19.4 Å². The van der Waals surface area contributed by atoms with Crippen molar-refractivity contribution >= 4 is 34.1 Å². The summed E-state index contributed by atoms with van der Waals surface area (Å²) in [6.45, 7) is 4.24. The molecule has 0 atom stereocenters. The van der Waals surface area contributed by atoms with E-state index >= 15 is 0 Å². The summed E-state index contributed by atoms with van der Waals surface area (Å²) in [6, 6.07) is 7.76. The molecule has 4 rings (SSSR count). The van der Waals surface area contributed by atoms with Gasteiger partial charge in [0, 0.05) is 12.6 Å². The fourth-order valence-corrected chi connectivity index (χ4v) is 4.44. The summed E-state index contributed by atoms with van der Waals surface area (Å²) in [5, 5.41) is 13.6. The van der Waals surface area contributed by atoms with E-state index in [1.54, 1.807) is 25.2 Å². The number of ether oxygens (including phenoxy) is 1. The molecular weight excluding hydrogens is 444 g/mol. The number of carboxylic acid groups (broad SMARTS) is 1. The minimum atomic E-state index is -1.08. The Morgan fingerprint density at radius 2 is 1.94 bits per heavy atom. The monoisotopic (exact) mass is 466 g/mol. The summed E-state index contributed by atoms with van der Waals surface area (Å²) in [5.74, 6) is -0.669. The highest BCUT2D eigenvalue weighted by atomic mass is 32.1. The number of hydrogen-bond donors (Lipinski definition) is 2. The van der Waals surface area contributed by atoms with Crippen molar-refractivity contribution in [1.29, 1.82) is 0 Å². The van der Waals surface area contributed by atoms with Gasteiger partial charge in [-0.1, -0.05) is 13.3 Å².